The van der Waals surface area contributed by atoms with Crippen LogP contribution in [-0.2, 0) is 14.8 Å². The molecule has 0 atom stereocenters. The van der Waals surface area contributed by atoms with Crippen molar-refractivity contribution < 1.29 is 22.7 Å². The van der Waals surface area contributed by atoms with Crippen LogP contribution in [0, 0.1) is 5.82 Å². The molecular formula is C12H16ClFN2O4S. The van der Waals surface area contributed by atoms with E-state index in [9.17, 15) is 17.9 Å². The fraction of sp³-hybridized carbons (Fsp3) is 0.500. The van der Waals surface area contributed by atoms with E-state index in [0.29, 0.717) is 26.1 Å². The molecular weight excluding hydrogens is 323 g/mol. The number of aliphatic hydroxyl groups is 1. The number of rotatable bonds is 4. The Kier molecular flexibility index (Phi) is 4.74. The molecule has 1 aliphatic heterocycles. The summed E-state index contributed by atoms with van der Waals surface area (Å²) in [5.74, 6) is -1.06. The summed E-state index contributed by atoms with van der Waals surface area (Å²) >= 11 is 5.73. The van der Waals surface area contributed by atoms with Crippen LogP contribution in [0.15, 0.2) is 17.0 Å². The molecule has 1 saturated heterocycles. The van der Waals surface area contributed by atoms with Gasteiger partial charge in [0, 0.05) is 18.2 Å². The van der Waals surface area contributed by atoms with Crippen molar-refractivity contribution in [2.45, 2.75) is 23.3 Å². The number of benzene rings is 1. The number of nitrogens with one attached hydrogen (secondary N) is 1. The second kappa shape index (κ2) is 6.05. The number of anilines is 1. The predicted molar refractivity (Wildman–Crippen MR) is 76.0 cm³/mol. The van der Waals surface area contributed by atoms with Crippen LogP contribution in [0.2, 0.25) is 5.02 Å². The lowest BCUT2D eigenvalue weighted by Gasteiger charge is -2.35. The predicted octanol–water partition coefficient (Wildman–Crippen LogP) is 0.881. The molecule has 2 rings (SSSR count). The van der Waals surface area contributed by atoms with Crippen LogP contribution >= 0.6 is 11.6 Å². The van der Waals surface area contributed by atoms with Crippen molar-refractivity contribution in [3.8, 4) is 0 Å². The Hall–Kier alpha value is -0.930. The van der Waals surface area contributed by atoms with E-state index in [1.54, 1.807) is 0 Å². The van der Waals surface area contributed by atoms with E-state index in [4.69, 9.17) is 22.1 Å². The van der Waals surface area contributed by atoms with E-state index in [-0.39, 0.29) is 10.7 Å². The van der Waals surface area contributed by atoms with Gasteiger partial charge >= 0.3 is 0 Å². The Morgan fingerprint density at radius 1 is 1.43 bits per heavy atom. The summed E-state index contributed by atoms with van der Waals surface area (Å²) < 4.78 is 46.2. The average Bonchev–Trinajstić information content (AvgIpc) is 2.43. The summed E-state index contributed by atoms with van der Waals surface area (Å²) in [6.45, 7) is 0.208. The molecule has 0 amide bonds. The molecule has 118 valence electrons. The Balaban J connectivity index is 2.38. The number of halogens is 2. The van der Waals surface area contributed by atoms with E-state index in [1.165, 1.54) is 0 Å². The zero-order chi connectivity index (χ0) is 15.7. The fourth-order valence-electron chi connectivity index (χ4n) is 2.17. The number of sulfonamides is 1. The van der Waals surface area contributed by atoms with Gasteiger partial charge < -0.3 is 15.6 Å². The maximum atomic E-state index is 14.0. The minimum absolute atomic E-state index is 0.0132. The monoisotopic (exact) mass is 338 g/mol. The maximum Gasteiger partial charge on any atom is 0.244 e. The topological polar surface area (TPSA) is 102 Å². The van der Waals surface area contributed by atoms with Crippen LogP contribution in [0.3, 0.4) is 0 Å². The van der Waals surface area contributed by atoms with Crippen molar-refractivity contribution in [2.24, 2.45) is 0 Å². The molecule has 0 aliphatic carbocycles. The van der Waals surface area contributed by atoms with E-state index < -0.39 is 32.9 Å². The minimum atomic E-state index is -4.21. The van der Waals surface area contributed by atoms with Crippen LogP contribution in [0.1, 0.15) is 12.8 Å². The zero-order valence-corrected chi connectivity index (χ0v) is 12.7. The third kappa shape index (κ3) is 3.46. The van der Waals surface area contributed by atoms with Crippen molar-refractivity contribution in [3.05, 3.63) is 23.0 Å². The average molecular weight is 339 g/mol. The van der Waals surface area contributed by atoms with Gasteiger partial charge in [-0.1, -0.05) is 11.6 Å². The first kappa shape index (κ1) is 16.4. The van der Waals surface area contributed by atoms with Crippen molar-refractivity contribution in [1.29, 1.82) is 0 Å². The summed E-state index contributed by atoms with van der Waals surface area (Å²) in [4.78, 5) is -0.633. The molecule has 1 heterocycles. The van der Waals surface area contributed by atoms with E-state index in [0.717, 1.165) is 12.1 Å². The van der Waals surface area contributed by atoms with Gasteiger partial charge in [0.05, 0.1) is 17.8 Å². The molecule has 1 aliphatic rings. The van der Waals surface area contributed by atoms with Crippen LogP contribution < -0.4 is 10.5 Å². The van der Waals surface area contributed by atoms with Crippen molar-refractivity contribution in [2.75, 3.05) is 25.6 Å². The summed E-state index contributed by atoms with van der Waals surface area (Å²) in [7, 11) is -4.21. The van der Waals surface area contributed by atoms with Gasteiger partial charge in [-0.05, 0) is 25.0 Å². The SMILES string of the molecule is Nc1cc(Cl)cc(S(=O)(=O)NC2(CO)CCOCC2)c1F. The highest BCUT2D eigenvalue weighted by Gasteiger charge is 2.37. The summed E-state index contributed by atoms with van der Waals surface area (Å²) in [5, 5.41) is 9.52. The Morgan fingerprint density at radius 3 is 2.62 bits per heavy atom. The second-order valence-corrected chi connectivity index (χ2v) is 7.05. The number of hydrogen-bond acceptors (Lipinski definition) is 5. The first-order valence-corrected chi connectivity index (χ1v) is 8.13. The summed E-state index contributed by atoms with van der Waals surface area (Å²) in [5.41, 5.74) is 3.97. The molecule has 0 aromatic heterocycles. The highest BCUT2D eigenvalue weighted by atomic mass is 35.5. The summed E-state index contributed by atoms with van der Waals surface area (Å²) in [6.07, 6.45) is 0.584. The molecule has 1 aromatic rings. The maximum absolute atomic E-state index is 14.0. The highest BCUT2D eigenvalue weighted by molar-refractivity contribution is 7.89. The van der Waals surface area contributed by atoms with Crippen molar-refractivity contribution in [3.63, 3.8) is 0 Å². The Morgan fingerprint density at radius 2 is 2.05 bits per heavy atom. The molecule has 0 radical (unpaired) electrons. The number of ether oxygens (including phenoxy) is 1. The van der Waals surface area contributed by atoms with Crippen molar-refractivity contribution >= 4 is 27.3 Å². The van der Waals surface area contributed by atoms with Crippen LogP contribution in [0.5, 0.6) is 0 Å². The van der Waals surface area contributed by atoms with E-state index in [1.807, 2.05) is 0 Å². The molecule has 0 unspecified atom stereocenters. The zero-order valence-electron chi connectivity index (χ0n) is 11.1. The lowest BCUT2D eigenvalue weighted by atomic mass is 9.93. The van der Waals surface area contributed by atoms with Crippen LogP contribution in [0.4, 0.5) is 10.1 Å². The van der Waals surface area contributed by atoms with Gasteiger partial charge in [0.1, 0.15) is 4.90 Å². The number of aliphatic hydroxyl groups excluding tert-OH is 1. The van der Waals surface area contributed by atoms with Gasteiger partial charge in [-0.2, -0.15) is 0 Å². The lowest BCUT2D eigenvalue weighted by molar-refractivity contribution is 0.0222. The van der Waals surface area contributed by atoms with Gasteiger partial charge in [0.25, 0.3) is 0 Å². The van der Waals surface area contributed by atoms with Gasteiger partial charge in [-0.3, -0.25) is 0 Å². The molecule has 4 N–H and O–H groups in total. The van der Waals surface area contributed by atoms with E-state index in [2.05, 4.69) is 4.72 Å². The van der Waals surface area contributed by atoms with Gasteiger partial charge in [0.2, 0.25) is 10.0 Å². The number of nitrogens with two attached hydrogens (primary N) is 1. The van der Waals surface area contributed by atoms with Crippen molar-refractivity contribution in [1.82, 2.24) is 4.72 Å². The van der Waals surface area contributed by atoms with Crippen LogP contribution in [0.25, 0.3) is 0 Å². The summed E-state index contributed by atoms with van der Waals surface area (Å²) in [6, 6.07) is 2.12. The first-order valence-electron chi connectivity index (χ1n) is 6.27. The Bertz CT molecular complexity index is 632. The second-order valence-electron chi connectivity index (χ2n) is 4.96. The number of hydrogen-bond donors (Lipinski definition) is 3. The quantitative estimate of drug-likeness (QED) is 0.707. The molecule has 6 nitrogen and oxygen atoms in total. The molecule has 0 bridgehead atoms. The van der Waals surface area contributed by atoms with Gasteiger partial charge in [-0.25, -0.2) is 17.5 Å². The third-order valence-corrected chi connectivity index (χ3v) is 5.22. The normalized spacial score (nSPS) is 18.6. The largest absolute Gasteiger partial charge is 0.396 e. The molecule has 1 aromatic carbocycles. The number of nitrogen functional groups attached to an aromatic ring is 1. The van der Waals surface area contributed by atoms with Crippen LogP contribution in [-0.4, -0.2) is 38.9 Å². The molecule has 9 heteroatoms. The Labute approximate surface area is 127 Å². The van der Waals surface area contributed by atoms with Gasteiger partial charge in [0.15, 0.2) is 5.82 Å². The minimum Gasteiger partial charge on any atom is -0.396 e. The molecule has 0 spiro atoms. The molecule has 0 saturated carbocycles. The van der Waals surface area contributed by atoms with Gasteiger partial charge in [-0.15, -0.1) is 0 Å². The highest BCUT2D eigenvalue weighted by Crippen LogP contribution is 2.28. The molecule has 1 fully saturated rings. The first-order chi connectivity index (χ1) is 9.80. The fourth-order valence-corrected chi connectivity index (χ4v) is 4.05. The smallest absolute Gasteiger partial charge is 0.244 e. The lowest BCUT2D eigenvalue weighted by Crippen LogP contribution is -2.54. The standard InChI is InChI=1S/C12H16ClFN2O4S/c13-8-5-9(15)11(14)10(6-8)21(18,19)16-12(7-17)1-3-20-4-2-12/h5-6,16-17H,1-4,7,15H2. The van der Waals surface area contributed by atoms with E-state index >= 15 is 0 Å². The molecule has 21 heavy (non-hydrogen) atoms. The third-order valence-electron chi connectivity index (χ3n) is 3.43.